The van der Waals surface area contributed by atoms with Crippen LogP contribution in [0.25, 0.3) is 0 Å². The molecule has 0 atom stereocenters. The zero-order valence-electron chi connectivity index (χ0n) is 13.2. The zero-order chi connectivity index (χ0) is 15.7. The molecule has 6 nitrogen and oxygen atoms in total. The largest absolute Gasteiger partial charge is 0.419 e. The fourth-order valence-corrected chi connectivity index (χ4v) is 2.56. The van der Waals surface area contributed by atoms with Crippen LogP contribution in [-0.4, -0.2) is 43.6 Å². The molecule has 1 aliphatic heterocycles. The van der Waals surface area contributed by atoms with E-state index in [1.807, 2.05) is 13.1 Å². The molecule has 1 heterocycles. The van der Waals surface area contributed by atoms with E-state index in [1.165, 1.54) is 19.2 Å². The van der Waals surface area contributed by atoms with Crippen molar-refractivity contribution < 1.29 is 4.84 Å². The third-order valence-corrected chi connectivity index (χ3v) is 3.47. The number of likely N-dealkylation sites (tertiary alicyclic amines) is 1. The lowest BCUT2D eigenvalue weighted by Crippen LogP contribution is -2.56. The van der Waals surface area contributed by atoms with E-state index < -0.39 is 0 Å². The van der Waals surface area contributed by atoms with Gasteiger partial charge in [0.25, 0.3) is 0 Å². The van der Waals surface area contributed by atoms with Crippen LogP contribution in [0.3, 0.4) is 0 Å². The van der Waals surface area contributed by atoms with E-state index in [0.29, 0.717) is 0 Å². The van der Waals surface area contributed by atoms with Crippen LogP contribution in [-0.2, 0) is 4.84 Å². The van der Waals surface area contributed by atoms with Crippen molar-refractivity contribution in [1.29, 1.82) is 5.41 Å². The fraction of sp³-hybridized carbons (Fsp3) is 0.600. The number of allylic oxidation sites excluding steroid dienone is 2. The molecule has 1 aliphatic rings. The van der Waals surface area contributed by atoms with E-state index in [2.05, 4.69) is 33.9 Å². The third kappa shape index (κ3) is 5.69. The second kappa shape index (κ2) is 8.59. The first-order chi connectivity index (χ1) is 10.0. The molecule has 1 saturated heterocycles. The van der Waals surface area contributed by atoms with E-state index >= 15 is 0 Å². The molecule has 0 amide bonds. The minimum absolute atomic E-state index is 0.289. The van der Waals surface area contributed by atoms with Gasteiger partial charge in [0, 0.05) is 37.0 Å². The normalized spacial score (nSPS) is 19.4. The van der Waals surface area contributed by atoms with Crippen molar-refractivity contribution in [1.82, 2.24) is 10.2 Å². The Morgan fingerprint density at radius 2 is 2.24 bits per heavy atom. The number of nitrogens with one attached hydrogen (secondary N) is 2. The zero-order valence-corrected chi connectivity index (χ0v) is 13.2. The van der Waals surface area contributed by atoms with Crippen LogP contribution in [0.5, 0.6) is 0 Å². The van der Waals surface area contributed by atoms with Gasteiger partial charge in [-0.1, -0.05) is 13.8 Å². The van der Waals surface area contributed by atoms with Crippen LogP contribution in [0.4, 0.5) is 0 Å². The number of nitrogens with two attached hydrogens (primary N) is 1. The van der Waals surface area contributed by atoms with Crippen molar-refractivity contribution in [3.63, 3.8) is 0 Å². The summed E-state index contributed by atoms with van der Waals surface area (Å²) in [5.41, 5.74) is 1.96. The van der Waals surface area contributed by atoms with Gasteiger partial charge in [-0.3, -0.25) is 10.4 Å². The smallest absolute Gasteiger partial charge is 0.113 e. The monoisotopic (exact) mass is 293 g/mol. The summed E-state index contributed by atoms with van der Waals surface area (Å²) in [5, 5.41) is 9.93. The van der Waals surface area contributed by atoms with Gasteiger partial charge in [0.2, 0.25) is 0 Å². The third-order valence-electron chi connectivity index (χ3n) is 3.47. The number of nitrogens with zero attached hydrogens (tertiary/aromatic N) is 2. The lowest BCUT2D eigenvalue weighted by atomic mass is 9.82. The topological polar surface area (TPSA) is 86.7 Å². The Kier molecular flexibility index (Phi) is 7.11. The summed E-state index contributed by atoms with van der Waals surface area (Å²) < 4.78 is 0. The van der Waals surface area contributed by atoms with Gasteiger partial charge in [-0.05, 0) is 31.5 Å². The summed E-state index contributed by atoms with van der Waals surface area (Å²) in [4.78, 5) is 11.4. The van der Waals surface area contributed by atoms with Crippen molar-refractivity contribution in [3.8, 4) is 0 Å². The quantitative estimate of drug-likeness (QED) is 0.198. The Balaban J connectivity index is 2.54. The highest BCUT2D eigenvalue weighted by atomic mass is 16.6. The predicted molar refractivity (Wildman–Crippen MR) is 87.2 cm³/mol. The first-order valence-corrected chi connectivity index (χ1v) is 7.25. The van der Waals surface area contributed by atoms with Crippen molar-refractivity contribution >= 4 is 12.6 Å². The van der Waals surface area contributed by atoms with Crippen LogP contribution < -0.4 is 11.2 Å². The summed E-state index contributed by atoms with van der Waals surface area (Å²) in [7, 11) is 0. The van der Waals surface area contributed by atoms with Crippen LogP contribution in [0.2, 0.25) is 0 Å². The van der Waals surface area contributed by atoms with Crippen molar-refractivity contribution in [2.45, 2.75) is 27.2 Å². The summed E-state index contributed by atoms with van der Waals surface area (Å²) in [6, 6.07) is 0. The average molecular weight is 293 g/mol. The summed E-state index contributed by atoms with van der Waals surface area (Å²) in [6.07, 6.45) is 7.18. The maximum absolute atomic E-state index is 7.11. The Labute approximate surface area is 127 Å². The average Bonchev–Trinajstić information content (AvgIpc) is 2.42. The number of hydrogen-bond donors (Lipinski definition) is 3. The Morgan fingerprint density at radius 3 is 2.81 bits per heavy atom. The van der Waals surface area contributed by atoms with Gasteiger partial charge < -0.3 is 15.1 Å². The van der Waals surface area contributed by atoms with Gasteiger partial charge in [0.1, 0.15) is 6.26 Å². The first-order valence-electron chi connectivity index (χ1n) is 7.25. The molecule has 0 bridgehead atoms. The highest BCUT2D eigenvalue weighted by Crippen LogP contribution is 2.29. The first kappa shape index (κ1) is 17.4. The minimum Gasteiger partial charge on any atom is -0.419 e. The van der Waals surface area contributed by atoms with Crippen molar-refractivity contribution in [2.24, 2.45) is 16.3 Å². The summed E-state index contributed by atoms with van der Waals surface area (Å²) in [6.45, 7) is 10.6. The molecule has 0 aromatic carbocycles. The number of rotatable bonds is 9. The van der Waals surface area contributed by atoms with Gasteiger partial charge in [-0.15, -0.1) is 0 Å². The van der Waals surface area contributed by atoms with Crippen LogP contribution in [0, 0.1) is 10.8 Å². The molecule has 0 radical (unpaired) electrons. The van der Waals surface area contributed by atoms with Crippen LogP contribution in [0.15, 0.2) is 28.6 Å². The summed E-state index contributed by atoms with van der Waals surface area (Å²) in [5.74, 6) is 4.96. The minimum atomic E-state index is 0.289. The second-order valence-electron chi connectivity index (χ2n) is 5.82. The van der Waals surface area contributed by atoms with Crippen LogP contribution >= 0.6 is 0 Å². The van der Waals surface area contributed by atoms with Gasteiger partial charge in [-0.2, -0.15) is 5.90 Å². The van der Waals surface area contributed by atoms with Gasteiger partial charge in [0.15, 0.2) is 0 Å². The summed E-state index contributed by atoms with van der Waals surface area (Å²) >= 11 is 0. The molecule has 6 heteroatoms. The molecule has 1 fully saturated rings. The fourth-order valence-electron chi connectivity index (χ4n) is 2.56. The predicted octanol–water partition coefficient (Wildman–Crippen LogP) is 1.66. The standard InChI is InChI=1S/C15H27N5O/c1-4-6-20-10-15(3,11-20)9-18-8-13(2)14(19-12-16)5-7-21-17/h5,7-8,12H,4,6,9-11,17H2,1-3H3,(H2,16,19)/b7-5+,14-13?,18-8?. The molecule has 0 aromatic rings. The molecular weight excluding hydrogens is 266 g/mol. The molecule has 0 unspecified atom stereocenters. The van der Waals surface area contributed by atoms with E-state index in [4.69, 9.17) is 11.3 Å². The molecule has 0 aliphatic carbocycles. The molecule has 0 aromatic heterocycles. The SMILES string of the molecule is CCCN1CC(C)(CN=CC(C)=C(/C=C/ON)NC=N)C1. The molecule has 0 spiro atoms. The molecular formula is C15H27N5O. The highest BCUT2D eigenvalue weighted by molar-refractivity contribution is 5.80. The number of aliphatic imine (C=N–C) groups is 1. The maximum atomic E-state index is 7.11. The molecule has 21 heavy (non-hydrogen) atoms. The molecule has 118 valence electrons. The van der Waals surface area contributed by atoms with E-state index in [9.17, 15) is 0 Å². The molecule has 1 rings (SSSR count). The maximum Gasteiger partial charge on any atom is 0.113 e. The Morgan fingerprint density at radius 1 is 1.52 bits per heavy atom. The van der Waals surface area contributed by atoms with Gasteiger partial charge >= 0.3 is 0 Å². The van der Waals surface area contributed by atoms with E-state index in [0.717, 1.165) is 37.2 Å². The molecule has 4 N–H and O–H groups in total. The van der Waals surface area contributed by atoms with E-state index in [1.54, 1.807) is 6.08 Å². The van der Waals surface area contributed by atoms with Crippen molar-refractivity contribution in [3.05, 3.63) is 23.6 Å². The lowest BCUT2D eigenvalue weighted by molar-refractivity contribution is 0.0239. The number of hydrogen-bond acceptors (Lipinski definition) is 5. The van der Waals surface area contributed by atoms with Gasteiger partial charge in [-0.25, -0.2) is 0 Å². The Bertz CT molecular complexity index is 422. The van der Waals surface area contributed by atoms with Gasteiger partial charge in [0.05, 0.1) is 6.34 Å². The highest BCUT2D eigenvalue weighted by Gasteiger charge is 2.37. The lowest BCUT2D eigenvalue weighted by Gasteiger charge is -2.47. The van der Waals surface area contributed by atoms with Crippen molar-refractivity contribution in [2.75, 3.05) is 26.2 Å². The Hall–Kier alpha value is -1.66. The van der Waals surface area contributed by atoms with Crippen LogP contribution in [0.1, 0.15) is 27.2 Å². The van der Waals surface area contributed by atoms with E-state index in [-0.39, 0.29) is 5.41 Å². The second-order valence-corrected chi connectivity index (χ2v) is 5.82. The molecule has 0 saturated carbocycles.